The van der Waals surface area contributed by atoms with E-state index < -0.39 is 12.6 Å². The van der Waals surface area contributed by atoms with E-state index in [0.717, 1.165) is 0 Å². The van der Waals surface area contributed by atoms with Gasteiger partial charge in [-0.25, -0.2) is 4.79 Å². The summed E-state index contributed by atoms with van der Waals surface area (Å²) < 4.78 is 3.83. The topological polar surface area (TPSA) is 71.6 Å². The summed E-state index contributed by atoms with van der Waals surface area (Å²) in [6, 6.07) is 0. The lowest BCUT2D eigenvalue weighted by Crippen LogP contribution is -2.01. The quantitative estimate of drug-likeness (QED) is 0.287. The molecule has 7 heavy (non-hydrogen) atoms. The minimum Gasteiger partial charge on any atom is -0.450 e. The van der Waals surface area contributed by atoms with Crippen LogP contribution >= 0.6 is 0 Å². The van der Waals surface area contributed by atoms with Crippen molar-refractivity contribution in [3.05, 3.63) is 0 Å². The summed E-state index contributed by atoms with van der Waals surface area (Å²) >= 11 is 0. The molecule has 1 fully saturated rings. The van der Waals surface area contributed by atoms with Gasteiger partial charge >= 0.3 is 12.6 Å². The molecule has 1 heterocycles. The summed E-state index contributed by atoms with van der Waals surface area (Å²) in [5.41, 5.74) is 0. The first-order valence-electron chi connectivity index (χ1n) is 1.51. The smallest absolute Gasteiger partial charge is 0.450 e. The summed E-state index contributed by atoms with van der Waals surface area (Å²) in [7, 11) is 0. The van der Waals surface area contributed by atoms with Crippen molar-refractivity contribution in [2.24, 2.45) is 0 Å². The zero-order valence-electron chi connectivity index (χ0n) is 3.16. The maximum absolute atomic E-state index is 9.47. The third-order valence-electron chi connectivity index (χ3n) is 0.372. The zero-order chi connectivity index (χ0) is 5.28. The van der Waals surface area contributed by atoms with Gasteiger partial charge in [0, 0.05) is 0 Å². The van der Waals surface area contributed by atoms with E-state index in [1.165, 1.54) is 0 Å². The van der Waals surface area contributed by atoms with Crippen LogP contribution in [0.15, 0.2) is 0 Å². The Labute approximate surface area is 38.3 Å². The molecule has 0 saturated carbocycles. The van der Waals surface area contributed by atoms with Crippen LogP contribution in [0, 0.1) is 0 Å². The van der Waals surface area contributed by atoms with Crippen molar-refractivity contribution in [2.45, 2.75) is 6.48 Å². The molecular weight excluding hydrogens is 104 g/mol. The number of carboxylic acid groups (broad SMARTS) is 1. The number of rotatable bonds is 1. The van der Waals surface area contributed by atoms with Crippen LogP contribution in [0.1, 0.15) is 0 Å². The number of carbonyl (C=O) groups is 1. The Hall–Kier alpha value is -0.810. The molecule has 0 aromatic heterocycles. The molecule has 5 heteroatoms. The average molecular weight is 106 g/mol. The molecule has 1 rings (SSSR count). The van der Waals surface area contributed by atoms with Crippen LogP contribution in [0.3, 0.4) is 0 Å². The van der Waals surface area contributed by atoms with Gasteiger partial charge in [0.2, 0.25) is 0 Å². The Morgan fingerprint density at radius 2 is 2.29 bits per heavy atom. The first kappa shape index (κ1) is 4.35. The molecule has 0 atom stereocenters. The lowest BCUT2D eigenvalue weighted by atomic mass is 11.3. The summed E-state index contributed by atoms with van der Waals surface area (Å²) in [6.07, 6.45) is -1.40. The van der Waals surface area contributed by atoms with Crippen LogP contribution in [0.2, 0.25) is 0 Å². The highest BCUT2D eigenvalue weighted by atomic mass is 17.4. The van der Waals surface area contributed by atoms with Gasteiger partial charge in [0.1, 0.15) is 0 Å². The average Bonchev–Trinajstić information content (AvgIpc) is 2.17. The minimum atomic E-state index is -1.40. The van der Waals surface area contributed by atoms with Gasteiger partial charge in [-0.15, -0.1) is 0 Å². The van der Waals surface area contributed by atoms with E-state index in [1.807, 2.05) is 0 Å². The molecule has 0 bridgehead atoms. The van der Waals surface area contributed by atoms with Gasteiger partial charge in [-0.2, -0.15) is 9.78 Å². The van der Waals surface area contributed by atoms with Crippen molar-refractivity contribution in [3.8, 4) is 0 Å². The summed E-state index contributed by atoms with van der Waals surface area (Å²) in [5, 5.41) is 7.74. The molecule has 1 N–H and O–H groups in total. The molecule has 5 nitrogen and oxygen atoms in total. The first-order chi connectivity index (χ1) is 3.29. The Bertz CT molecular complexity index is 84.1. The van der Waals surface area contributed by atoms with Crippen LogP contribution < -0.4 is 0 Å². The molecule has 0 amide bonds. The molecule has 0 aliphatic carbocycles. The van der Waals surface area contributed by atoms with Gasteiger partial charge in [-0.3, -0.25) is 0 Å². The van der Waals surface area contributed by atoms with E-state index >= 15 is 0 Å². The Kier molecular flexibility index (Phi) is 0.844. The molecule has 1 saturated heterocycles. The van der Waals surface area contributed by atoms with Crippen molar-refractivity contribution in [2.75, 3.05) is 0 Å². The summed E-state index contributed by atoms with van der Waals surface area (Å²) in [5.74, 6) is 0. The molecule has 0 spiro atoms. The molecule has 1 aliphatic rings. The molecule has 0 aromatic carbocycles. The largest absolute Gasteiger partial charge is 0.510 e. The fraction of sp³-hybridized carbons (Fsp3) is 0.500. The van der Waals surface area contributed by atoms with Gasteiger partial charge in [0.25, 0.3) is 0 Å². The standard InChI is InChI=1S/C2H2O5/c3-1(4)5-2-6-7-2/h2H,(H,3,4). The van der Waals surface area contributed by atoms with Crippen LogP contribution in [0.5, 0.6) is 0 Å². The minimum absolute atomic E-state index is 0.975. The second kappa shape index (κ2) is 1.36. The Morgan fingerprint density at radius 1 is 1.71 bits per heavy atom. The fourth-order valence-corrected chi connectivity index (χ4v) is 0.144. The van der Waals surface area contributed by atoms with Gasteiger partial charge in [-0.05, 0) is 0 Å². The highest BCUT2D eigenvalue weighted by Crippen LogP contribution is 2.12. The highest BCUT2D eigenvalue weighted by Gasteiger charge is 2.30. The van der Waals surface area contributed by atoms with Gasteiger partial charge < -0.3 is 9.84 Å². The third-order valence-corrected chi connectivity index (χ3v) is 0.372. The lowest BCUT2D eigenvalue weighted by Gasteiger charge is -1.83. The normalized spacial score (nSPS) is 18.9. The molecule has 0 unspecified atom stereocenters. The number of ether oxygens (including phenoxy) is 1. The fourth-order valence-electron chi connectivity index (χ4n) is 0.144. The summed E-state index contributed by atoms with van der Waals surface area (Å²) in [4.78, 5) is 17.3. The van der Waals surface area contributed by atoms with E-state index in [4.69, 9.17) is 5.11 Å². The number of hydrogen-bond donors (Lipinski definition) is 1. The maximum atomic E-state index is 9.47. The van der Waals surface area contributed by atoms with Crippen LogP contribution in [0.25, 0.3) is 0 Å². The zero-order valence-corrected chi connectivity index (χ0v) is 3.16. The van der Waals surface area contributed by atoms with Crippen molar-refractivity contribution in [1.29, 1.82) is 0 Å². The van der Waals surface area contributed by atoms with Gasteiger partial charge in [0.05, 0.1) is 0 Å². The monoisotopic (exact) mass is 106 g/mol. The van der Waals surface area contributed by atoms with Crippen LogP contribution in [-0.4, -0.2) is 17.7 Å². The second-order valence-corrected chi connectivity index (χ2v) is 0.865. The van der Waals surface area contributed by atoms with Crippen LogP contribution in [-0.2, 0) is 14.5 Å². The predicted octanol–water partition coefficient (Wildman–Crippen LogP) is -0.0736. The molecule has 40 valence electrons. The van der Waals surface area contributed by atoms with Crippen molar-refractivity contribution >= 4 is 6.16 Å². The lowest BCUT2D eigenvalue weighted by molar-refractivity contribution is 0.0482. The predicted molar refractivity (Wildman–Crippen MR) is 15.1 cm³/mol. The molecule has 0 radical (unpaired) electrons. The van der Waals surface area contributed by atoms with Gasteiger partial charge in [-0.1, -0.05) is 0 Å². The van der Waals surface area contributed by atoms with E-state index in [0.29, 0.717) is 0 Å². The number of hydrogen-bond acceptors (Lipinski definition) is 4. The van der Waals surface area contributed by atoms with E-state index in [1.54, 1.807) is 0 Å². The highest BCUT2D eigenvalue weighted by molar-refractivity contribution is 5.56. The van der Waals surface area contributed by atoms with E-state index in [-0.39, 0.29) is 0 Å². The first-order valence-corrected chi connectivity index (χ1v) is 1.51. The molecular formula is C2H2O5. The van der Waals surface area contributed by atoms with E-state index in [2.05, 4.69) is 14.5 Å². The second-order valence-electron chi connectivity index (χ2n) is 0.865. The molecule has 1 aliphatic heterocycles. The van der Waals surface area contributed by atoms with Crippen molar-refractivity contribution in [3.63, 3.8) is 0 Å². The SMILES string of the molecule is O=C(O)OC1OO1. The van der Waals surface area contributed by atoms with Crippen LogP contribution in [0.4, 0.5) is 4.79 Å². The van der Waals surface area contributed by atoms with Crippen molar-refractivity contribution in [1.82, 2.24) is 0 Å². The third kappa shape index (κ3) is 1.38. The summed E-state index contributed by atoms with van der Waals surface area (Å²) in [6.45, 7) is -0.975. The van der Waals surface area contributed by atoms with E-state index in [9.17, 15) is 4.79 Å². The van der Waals surface area contributed by atoms with Gasteiger partial charge in [0.15, 0.2) is 0 Å². The Balaban J connectivity index is 2.08. The molecule has 0 aromatic rings. The Morgan fingerprint density at radius 3 is 2.43 bits per heavy atom. The van der Waals surface area contributed by atoms with Crippen molar-refractivity contribution < 1.29 is 24.4 Å². The maximum Gasteiger partial charge on any atom is 0.510 e.